The summed E-state index contributed by atoms with van der Waals surface area (Å²) in [5, 5.41) is 0. The summed E-state index contributed by atoms with van der Waals surface area (Å²) >= 11 is 0. The lowest BCUT2D eigenvalue weighted by atomic mass is 9.84. The van der Waals surface area contributed by atoms with Crippen LogP contribution >= 0.6 is 0 Å². The molecule has 0 radical (unpaired) electrons. The standard InChI is InChI=1S/C34H41NO5/c1-38-33(36)13-6-7-22-35(24-26-14-16-30(17-15-26)34(37)39-2)25-27-9-8-12-32(23-27)40-31-20-18-29(19-21-31)28-10-4-3-5-11-28/h8-9,12,14-21,23,28H,3-7,10-11,13,22,24-25H2,1-2H3. The van der Waals surface area contributed by atoms with Crippen molar-refractivity contribution >= 4 is 11.9 Å². The number of benzene rings is 3. The summed E-state index contributed by atoms with van der Waals surface area (Å²) in [6, 6.07) is 24.4. The first-order valence-corrected chi connectivity index (χ1v) is 14.4. The van der Waals surface area contributed by atoms with E-state index in [0.717, 1.165) is 48.6 Å². The molecule has 212 valence electrons. The van der Waals surface area contributed by atoms with Crippen LogP contribution in [0.1, 0.15) is 84.3 Å². The fourth-order valence-corrected chi connectivity index (χ4v) is 5.39. The van der Waals surface area contributed by atoms with Crippen molar-refractivity contribution in [3.63, 3.8) is 0 Å². The van der Waals surface area contributed by atoms with Crippen LogP contribution in [0, 0.1) is 0 Å². The molecule has 0 aliphatic heterocycles. The number of carbonyl (C=O) groups excluding carboxylic acids is 2. The summed E-state index contributed by atoms with van der Waals surface area (Å²) < 4.78 is 15.8. The van der Waals surface area contributed by atoms with Gasteiger partial charge in [-0.25, -0.2) is 4.79 Å². The minimum Gasteiger partial charge on any atom is -0.469 e. The van der Waals surface area contributed by atoms with Crippen LogP contribution in [0.15, 0.2) is 72.8 Å². The summed E-state index contributed by atoms with van der Waals surface area (Å²) in [5.74, 6) is 1.83. The van der Waals surface area contributed by atoms with E-state index in [1.807, 2.05) is 24.3 Å². The normalized spacial score (nSPS) is 13.7. The van der Waals surface area contributed by atoms with Crippen LogP contribution in [0.3, 0.4) is 0 Å². The molecule has 0 bridgehead atoms. The van der Waals surface area contributed by atoms with E-state index in [4.69, 9.17) is 14.2 Å². The number of ether oxygens (including phenoxy) is 3. The molecule has 0 atom stereocenters. The Bertz CT molecular complexity index is 1220. The van der Waals surface area contributed by atoms with E-state index in [-0.39, 0.29) is 11.9 Å². The van der Waals surface area contributed by atoms with Crippen LogP contribution in [-0.4, -0.2) is 37.6 Å². The molecule has 6 nitrogen and oxygen atoms in total. The maximum absolute atomic E-state index is 11.8. The molecule has 1 saturated carbocycles. The van der Waals surface area contributed by atoms with Gasteiger partial charge in [0.05, 0.1) is 19.8 Å². The third-order valence-corrected chi connectivity index (χ3v) is 7.61. The van der Waals surface area contributed by atoms with Crippen LogP contribution in [0.25, 0.3) is 0 Å². The van der Waals surface area contributed by atoms with Crippen molar-refractivity contribution in [2.24, 2.45) is 0 Å². The first kappa shape index (κ1) is 29.3. The highest BCUT2D eigenvalue weighted by Crippen LogP contribution is 2.34. The van der Waals surface area contributed by atoms with Gasteiger partial charge in [0.1, 0.15) is 11.5 Å². The Kier molecular flexibility index (Phi) is 11.2. The molecule has 1 aliphatic carbocycles. The molecule has 3 aromatic carbocycles. The molecule has 0 saturated heterocycles. The molecule has 3 aromatic rings. The highest BCUT2D eigenvalue weighted by molar-refractivity contribution is 5.89. The number of methoxy groups -OCH3 is 2. The highest BCUT2D eigenvalue weighted by atomic mass is 16.5. The van der Waals surface area contributed by atoms with Crippen LogP contribution in [-0.2, 0) is 27.4 Å². The topological polar surface area (TPSA) is 65.1 Å². The van der Waals surface area contributed by atoms with E-state index in [9.17, 15) is 9.59 Å². The van der Waals surface area contributed by atoms with E-state index < -0.39 is 0 Å². The van der Waals surface area contributed by atoms with Gasteiger partial charge in [0.15, 0.2) is 0 Å². The molecule has 0 heterocycles. The minimum atomic E-state index is -0.341. The zero-order valence-corrected chi connectivity index (χ0v) is 23.8. The lowest BCUT2D eigenvalue weighted by Gasteiger charge is -2.23. The van der Waals surface area contributed by atoms with E-state index in [2.05, 4.69) is 41.3 Å². The summed E-state index contributed by atoms with van der Waals surface area (Å²) in [7, 11) is 2.81. The lowest BCUT2D eigenvalue weighted by Crippen LogP contribution is -2.24. The van der Waals surface area contributed by atoms with Crippen LogP contribution in [0.5, 0.6) is 11.5 Å². The van der Waals surface area contributed by atoms with Crippen molar-refractivity contribution in [2.75, 3.05) is 20.8 Å². The fraction of sp³-hybridized carbons (Fsp3) is 0.412. The lowest BCUT2D eigenvalue weighted by molar-refractivity contribution is -0.140. The van der Waals surface area contributed by atoms with Gasteiger partial charge in [-0.05, 0) is 91.2 Å². The van der Waals surface area contributed by atoms with E-state index >= 15 is 0 Å². The zero-order chi connectivity index (χ0) is 28.2. The number of carbonyl (C=O) groups is 2. The Morgan fingerprint density at radius 1 is 0.775 bits per heavy atom. The van der Waals surface area contributed by atoms with Gasteiger partial charge in [-0.15, -0.1) is 0 Å². The number of esters is 2. The predicted octanol–water partition coefficient (Wildman–Crippen LogP) is 7.66. The smallest absolute Gasteiger partial charge is 0.337 e. The van der Waals surface area contributed by atoms with Gasteiger partial charge in [0, 0.05) is 19.5 Å². The molecule has 6 heteroatoms. The average Bonchev–Trinajstić information content (AvgIpc) is 3.00. The average molecular weight is 544 g/mol. The third kappa shape index (κ3) is 8.95. The van der Waals surface area contributed by atoms with E-state index in [1.54, 1.807) is 12.1 Å². The Morgan fingerprint density at radius 3 is 2.20 bits per heavy atom. The van der Waals surface area contributed by atoms with Crippen molar-refractivity contribution in [2.45, 2.75) is 70.4 Å². The molecule has 1 aliphatic rings. The van der Waals surface area contributed by atoms with Gasteiger partial charge in [-0.1, -0.05) is 55.7 Å². The Hall–Kier alpha value is -3.64. The molecule has 0 spiro atoms. The molecule has 0 unspecified atom stereocenters. The molecule has 0 aromatic heterocycles. The van der Waals surface area contributed by atoms with E-state index in [1.165, 1.54) is 51.9 Å². The third-order valence-electron chi connectivity index (χ3n) is 7.61. The van der Waals surface area contributed by atoms with Gasteiger partial charge in [0.2, 0.25) is 0 Å². The van der Waals surface area contributed by atoms with Gasteiger partial charge < -0.3 is 14.2 Å². The van der Waals surface area contributed by atoms with Crippen molar-refractivity contribution in [1.82, 2.24) is 4.90 Å². The van der Waals surface area contributed by atoms with Crippen molar-refractivity contribution in [1.29, 1.82) is 0 Å². The van der Waals surface area contributed by atoms with Gasteiger partial charge in [-0.3, -0.25) is 9.69 Å². The van der Waals surface area contributed by atoms with Crippen molar-refractivity contribution < 1.29 is 23.8 Å². The van der Waals surface area contributed by atoms with Crippen LogP contribution in [0.4, 0.5) is 0 Å². The minimum absolute atomic E-state index is 0.179. The van der Waals surface area contributed by atoms with Gasteiger partial charge in [0.25, 0.3) is 0 Å². The highest BCUT2D eigenvalue weighted by Gasteiger charge is 2.15. The summed E-state index contributed by atoms with van der Waals surface area (Å²) in [6.07, 6.45) is 8.66. The van der Waals surface area contributed by atoms with E-state index in [0.29, 0.717) is 24.4 Å². The molecule has 0 amide bonds. The second-order valence-electron chi connectivity index (χ2n) is 10.6. The second kappa shape index (κ2) is 15.2. The number of unbranched alkanes of at least 4 members (excludes halogenated alkanes) is 1. The van der Waals surface area contributed by atoms with Gasteiger partial charge >= 0.3 is 11.9 Å². The molecular weight excluding hydrogens is 502 g/mol. The van der Waals surface area contributed by atoms with Crippen LogP contribution < -0.4 is 4.74 Å². The largest absolute Gasteiger partial charge is 0.469 e. The second-order valence-corrected chi connectivity index (χ2v) is 10.6. The summed E-state index contributed by atoms with van der Waals surface area (Å²) in [6.45, 7) is 2.27. The molecule has 4 rings (SSSR count). The predicted molar refractivity (Wildman–Crippen MR) is 157 cm³/mol. The quantitative estimate of drug-likeness (QED) is 0.163. The molecule has 40 heavy (non-hydrogen) atoms. The zero-order valence-electron chi connectivity index (χ0n) is 23.8. The van der Waals surface area contributed by atoms with Crippen molar-refractivity contribution in [3.05, 3.63) is 95.1 Å². The fourth-order valence-electron chi connectivity index (χ4n) is 5.39. The number of rotatable bonds is 13. The maximum Gasteiger partial charge on any atom is 0.337 e. The Morgan fingerprint density at radius 2 is 1.50 bits per heavy atom. The molecule has 1 fully saturated rings. The Labute approximate surface area is 238 Å². The summed E-state index contributed by atoms with van der Waals surface area (Å²) in [5.41, 5.74) is 4.21. The number of hydrogen-bond acceptors (Lipinski definition) is 6. The first-order valence-electron chi connectivity index (χ1n) is 14.4. The molecule has 0 N–H and O–H groups in total. The Balaban J connectivity index is 1.40. The maximum atomic E-state index is 11.8. The van der Waals surface area contributed by atoms with Gasteiger partial charge in [-0.2, -0.15) is 0 Å². The SMILES string of the molecule is COC(=O)CCCCN(Cc1ccc(C(=O)OC)cc1)Cc1cccc(Oc2ccc(C3CCCCC3)cc2)c1. The number of nitrogens with zero attached hydrogens (tertiary/aromatic N) is 1. The number of hydrogen-bond donors (Lipinski definition) is 0. The molecular formula is C34H41NO5. The van der Waals surface area contributed by atoms with Crippen LogP contribution in [0.2, 0.25) is 0 Å². The first-order chi connectivity index (χ1) is 19.5. The summed E-state index contributed by atoms with van der Waals surface area (Å²) in [4.78, 5) is 25.7. The van der Waals surface area contributed by atoms with Crippen molar-refractivity contribution in [3.8, 4) is 11.5 Å². The monoisotopic (exact) mass is 543 g/mol.